The fraction of sp³-hybridized carbons (Fsp3) is 0.947. The van der Waals surface area contributed by atoms with Crippen LogP contribution < -0.4 is 5.73 Å². The van der Waals surface area contributed by atoms with Crippen molar-refractivity contribution in [1.82, 2.24) is 0 Å². The molecule has 4 nitrogen and oxygen atoms in total. The highest BCUT2D eigenvalue weighted by Gasteiger charge is 2.32. The maximum atomic E-state index is 12.8. The van der Waals surface area contributed by atoms with Crippen molar-refractivity contribution in [3.63, 3.8) is 0 Å². The van der Waals surface area contributed by atoms with E-state index in [2.05, 4.69) is 13.8 Å². The van der Waals surface area contributed by atoms with Gasteiger partial charge in [-0.2, -0.15) is 0 Å². The number of unbranched alkanes of at least 4 members (excludes halogenated alkanes) is 26. The Balaban J connectivity index is 4.03. The number of rotatable bonds is 34. The van der Waals surface area contributed by atoms with Crippen molar-refractivity contribution in [2.45, 2.75) is 213 Å². The summed E-state index contributed by atoms with van der Waals surface area (Å²) in [6.45, 7) is 6.75. The third-order valence-corrected chi connectivity index (χ3v) is 9.18. The van der Waals surface area contributed by atoms with Crippen LogP contribution in [0, 0.1) is 11.8 Å². The molecule has 2 N–H and O–H groups in total. The van der Waals surface area contributed by atoms with Crippen molar-refractivity contribution >= 4 is 11.9 Å². The molecule has 0 aliphatic carbocycles. The summed E-state index contributed by atoms with van der Waals surface area (Å²) < 4.78 is 5.38. The van der Waals surface area contributed by atoms with Gasteiger partial charge in [0.25, 0.3) is 0 Å². The fourth-order valence-electron chi connectivity index (χ4n) is 6.39. The third kappa shape index (κ3) is 26.6. The molecule has 0 saturated carbocycles. The molecular formula is C38H75NO3. The minimum Gasteiger partial charge on any atom is -0.466 e. The number of ether oxygens (including phenoxy) is 1. The molecule has 0 bridgehead atoms. The SMILES string of the molecule is CCCCCCCCCCCCCCCCC(C(N)=O)C(CCCCCCCCCCCCCCCC)C(=O)OCC. The molecule has 0 saturated heterocycles. The number of primary amides is 1. The number of carbonyl (C=O) groups is 2. The van der Waals surface area contributed by atoms with E-state index in [9.17, 15) is 9.59 Å². The minimum absolute atomic E-state index is 0.221. The summed E-state index contributed by atoms with van der Waals surface area (Å²) in [5.74, 6) is -1.31. The Morgan fingerprint density at radius 3 is 0.952 bits per heavy atom. The van der Waals surface area contributed by atoms with Gasteiger partial charge in [0.15, 0.2) is 0 Å². The highest BCUT2D eigenvalue weighted by molar-refractivity contribution is 5.84. The molecule has 1 amide bonds. The van der Waals surface area contributed by atoms with Crippen molar-refractivity contribution < 1.29 is 14.3 Å². The van der Waals surface area contributed by atoms with E-state index in [0.717, 1.165) is 38.5 Å². The van der Waals surface area contributed by atoms with Gasteiger partial charge in [-0.15, -0.1) is 0 Å². The summed E-state index contributed by atoms with van der Waals surface area (Å²) in [5.41, 5.74) is 5.83. The highest BCUT2D eigenvalue weighted by atomic mass is 16.5. The van der Waals surface area contributed by atoms with E-state index < -0.39 is 0 Å². The zero-order chi connectivity index (χ0) is 30.9. The first-order valence-electron chi connectivity index (χ1n) is 19.0. The Morgan fingerprint density at radius 1 is 0.429 bits per heavy atom. The Labute approximate surface area is 263 Å². The van der Waals surface area contributed by atoms with Gasteiger partial charge in [-0.3, -0.25) is 9.59 Å². The molecule has 42 heavy (non-hydrogen) atoms. The van der Waals surface area contributed by atoms with E-state index in [1.807, 2.05) is 6.92 Å². The van der Waals surface area contributed by atoms with Crippen LogP contribution in [0.5, 0.6) is 0 Å². The van der Waals surface area contributed by atoms with Gasteiger partial charge in [-0.1, -0.05) is 194 Å². The molecule has 0 aliphatic rings. The number of hydrogen-bond donors (Lipinski definition) is 1. The first kappa shape index (κ1) is 40.9. The normalized spacial score (nSPS) is 12.8. The van der Waals surface area contributed by atoms with E-state index in [0.29, 0.717) is 6.61 Å². The van der Waals surface area contributed by atoms with E-state index in [-0.39, 0.29) is 23.7 Å². The standard InChI is InChI=1S/C38H75NO3/c1-4-7-9-11-13-15-17-19-21-23-25-27-29-31-33-35(37(39)40)36(38(41)42-6-3)34-32-30-28-26-24-22-20-18-16-14-12-10-8-5-2/h35-36H,4-34H2,1-3H3,(H2,39,40). The molecule has 0 rings (SSSR count). The fourth-order valence-corrected chi connectivity index (χ4v) is 6.39. The van der Waals surface area contributed by atoms with Gasteiger partial charge in [0.1, 0.15) is 0 Å². The molecule has 0 heterocycles. The van der Waals surface area contributed by atoms with E-state index >= 15 is 0 Å². The van der Waals surface area contributed by atoms with E-state index in [1.165, 1.54) is 154 Å². The molecule has 0 aromatic rings. The van der Waals surface area contributed by atoms with Crippen molar-refractivity contribution in [1.29, 1.82) is 0 Å². The van der Waals surface area contributed by atoms with Crippen LogP contribution in [0.3, 0.4) is 0 Å². The minimum atomic E-state index is -0.386. The van der Waals surface area contributed by atoms with Crippen molar-refractivity contribution in [2.75, 3.05) is 6.61 Å². The van der Waals surface area contributed by atoms with E-state index in [4.69, 9.17) is 10.5 Å². The van der Waals surface area contributed by atoms with Gasteiger partial charge < -0.3 is 10.5 Å². The van der Waals surface area contributed by atoms with Crippen LogP contribution >= 0.6 is 0 Å². The lowest BCUT2D eigenvalue weighted by Gasteiger charge is -2.23. The molecule has 250 valence electrons. The van der Waals surface area contributed by atoms with Crippen molar-refractivity contribution in [2.24, 2.45) is 17.6 Å². The van der Waals surface area contributed by atoms with Crippen LogP contribution in [0.25, 0.3) is 0 Å². The number of hydrogen-bond acceptors (Lipinski definition) is 3. The van der Waals surface area contributed by atoms with Crippen LogP contribution in [0.15, 0.2) is 0 Å². The van der Waals surface area contributed by atoms with Gasteiger partial charge in [-0.25, -0.2) is 0 Å². The van der Waals surface area contributed by atoms with Gasteiger partial charge in [0.2, 0.25) is 5.91 Å². The molecular weight excluding hydrogens is 518 g/mol. The zero-order valence-corrected chi connectivity index (χ0v) is 28.9. The first-order valence-corrected chi connectivity index (χ1v) is 19.0. The molecule has 0 aromatic heterocycles. The molecule has 2 atom stereocenters. The largest absolute Gasteiger partial charge is 0.466 e. The lowest BCUT2D eigenvalue weighted by molar-refractivity contribution is -0.153. The summed E-state index contributed by atoms with van der Waals surface area (Å²) in [4.78, 5) is 25.1. The summed E-state index contributed by atoms with van der Waals surface area (Å²) in [6, 6.07) is 0. The Kier molecular flexibility index (Phi) is 32.0. The zero-order valence-electron chi connectivity index (χ0n) is 28.9. The molecule has 2 unspecified atom stereocenters. The average molecular weight is 594 g/mol. The number of esters is 1. The third-order valence-electron chi connectivity index (χ3n) is 9.18. The number of carbonyl (C=O) groups excluding carboxylic acids is 2. The van der Waals surface area contributed by atoms with Gasteiger partial charge >= 0.3 is 5.97 Å². The molecule has 0 fully saturated rings. The van der Waals surface area contributed by atoms with E-state index in [1.54, 1.807) is 0 Å². The van der Waals surface area contributed by atoms with Crippen LogP contribution in [-0.4, -0.2) is 18.5 Å². The molecule has 0 radical (unpaired) electrons. The summed E-state index contributed by atoms with van der Waals surface area (Å²) >= 11 is 0. The van der Waals surface area contributed by atoms with Crippen LogP contribution in [-0.2, 0) is 14.3 Å². The van der Waals surface area contributed by atoms with Gasteiger partial charge in [0, 0.05) is 0 Å². The second-order valence-electron chi connectivity index (χ2n) is 13.1. The average Bonchev–Trinajstić information content (AvgIpc) is 2.97. The lowest BCUT2D eigenvalue weighted by atomic mass is 9.83. The molecule has 0 aromatic carbocycles. The highest BCUT2D eigenvalue weighted by Crippen LogP contribution is 2.27. The Morgan fingerprint density at radius 2 is 0.690 bits per heavy atom. The monoisotopic (exact) mass is 594 g/mol. The Hall–Kier alpha value is -1.06. The number of nitrogens with two attached hydrogens (primary N) is 1. The first-order chi connectivity index (χ1) is 20.6. The smallest absolute Gasteiger partial charge is 0.309 e. The predicted molar refractivity (Wildman–Crippen MR) is 183 cm³/mol. The summed E-state index contributed by atoms with van der Waals surface area (Å²) in [6.07, 6.45) is 38.2. The summed E-state index contributed by atoms with van der Waals surface area (Å²) in [7, 11) is 0. The molecule has 0 spiro atoms. The van der Waals surface area contributed by atoms with Crippen LogP contribution in [0.4, 0.5) is 0 Å². The molecule has 0 aliphatic heterocycles. The Bertz CT molecular complexity index is 579. The quantitative estimate of drug-likeness (QED) is 0.0596. The number of amides is 1. The van der Waals surface area contributed by atoms with Gasteiger partial charge in [0.05, 0.1) is 18.4 Å². The maximum Gasteiger partial charge on any atom is 0.309 e. The maximum absolute atomic E-state index is 12.8. The van der Waals surface area contributed by atoms with Crippen LogP contribution in [0.2, 0.25) is 0 Å². The van der Waals surface area contributed by atoms with Crippen molar-refractivity contribution in [3.8, 4) is 0 Å². The van der Waals surface area contributed by atoms with Gasteiger partial charge in [-0.05, 0) is 19.8 Å². The summed E-state index contributed by atoms with van der Waals surface area (Å²) in [5, 5.41) is 0. The topological polar surface area (TPSA) is 69.4 Å². The second-order valence-corrected chi connectivity index (χ2v) is 13.1. The predicted octanol–water partition coefficient (Wildman–Crippen LogP) is 12.0. The second kappa shape index (κ2) is 32.8. The molecule has 4 heteroatoms. The van der Waals surface area contributed by atoms with Crippen LogP contribution in [0.1, 0.15) is 213 Å². The lowest BCUT2D eigenvalue weighted by Crippen LogP contribution is -2.35. The van der Waals surface area contributed by atoms with Crippen molar-refractivity contribution in [3.05, 3.63) is 0 Å².